The maximum absolute atomic E-state index is 6.16. The van der Waals surface area contributed by atoms with E-state index in [1.54, 1.807) is 7.11 Å². The maximum atomic E-state index is 6.16. The van der Waals surface area contributed by atoms with E-state index in [4.69, 9.17) is 25.8 Å². The van der Waals surface area contributed by atoms with Crippen LogP contribution in [0.3, 0.4) is 0 Å². The van der Waals surface area contributed by atoms with Crippen molar-refractivity contribution in [3.05, 3.63) is 28.8 Å². The van der Waals surface area contributed by atoms with Crippen molar-refractivity contribution in [2.24, 2.45) is 0 Å². The molecule has 1 fully saturated rings. The van der Waals surface area contributed by atoms with Crippen LogP contribution in [0.1, 0.15) is 12.0 Å². The summed E-state index contributed by atoms with van der Waals surface area (Å²) in [5, 5.41) is 3.88. The number of methoxy groups -OCH3 is 1. The Bertz CT molecular complexity index is 441. The second kappa shape index (κ2) is 7.27. The Hall–Kier alpha value is -0.810. The van der Waals surface area contributed by atoms with Crippen LogP contribution in [0.4, 0.5) is 0 Å². The minimum atomic E-state index is 0.0311. The van der Waals surface area contributed by atoms with Crippen LogP contribution in [0.25, 0.3) is 0 Å². The molecule has 2 rings (SSSR count). The number of likely N-dealkylation sites (N-methyl/N-ethyl adjacent to an activating group) is 1. The molecule has 0 saturated heterocycles. The van der Waals surface area contributed by atoms with Gasteiger partial charge in [-0.25, -0.2) is 0 Å². The minimum Gasteiger partial charge on any atom is -0.486 e. The molecule has 0 amide bonds. The van der Waals surface area contributed by atoms with Crippen LogP contribution in [0, 0.1) is 6.92 Å². The van der Waals surface area contributed by atoms with Gasteiger partial charge in [0, 0.05) is 19.6 Å². The molecule has 1 N–H and O–H groups in total. The first-order chi connectivity index (χ1) is 9.65. The summed E-state index contributed by atoms with van der Waals surface area (Å²) < 4.78 is 16.8. The van der Waals surface area contributed by atoms with E-state index < -0.39 is 0 Å². The van der Waals surface area contributed by atoms with Crippen LogP contribution in [-0.2, 0) is 9.47 Å². The van der Waals surface area contributed by atoms with Gasteiger partial charge in [0.1, 0.15) is 18.0 Å². The van der Waals surface area contributed by atoms with Gasteiger partial charge in [0.15, 0.2) is 0 Å². The van der Waals surface area contributed by atoms with E-state index in [2.05, 4.69) is 5.32 Å². The smallest absolute Gasteiger partial charge is 0.138 e. The number of ether oxygens (including phenoxy) is 3. The predicted octanol–water partition coefficient (Wildman–Crippen LogP) is 2.42. The number of benzene rings is 1. The highest BCUT2D eigenvalue weighted by Gasteiger charge is 2.43. The topological polar surface area (TPSA) is 39.7 Å². The van der Waals surface area contributed by atoms with Gasteiger partial charge >= 0.3 is 0 Å². The van der Waals surface area contributed by atoms with Crippen molar-refractivity contribution in [2.45, 2.75) is 31.6 Å². The highest BCUT2D eigenvalue weighted by molar-refractivity contribution is 6.32. The average Bonchev–Trinajstić information content (AvgIpc) is 2.42. The van der Waals surface area contributed by atoms with Crippen molar-refractivity contribution in [1.82, 2.24) is 5.32 Å². The number of rotatable bonds is 7. The molecule has 5 heteroatoms. The molecule has 4 nitrogen and oxygen atoms in total. The van der Waals surface area contributed by atoms with E-state index >= 15 is 0 Å². The molecule has 0 aromatic heterocycles. The highest BCUT2D eigenvalue weighted by Crippen LogP contribution is 2.33. The van der Waals surface area contributed by atoms with E-state index in [9.17, 15) is 0 Å². The van der Waals surface area contributed by atoms with Crippen LogP contribution in [0.5, 0.6) is 5.75 Å². The second-order valence-corrected chi connectivity index (χ2v) is 5.46. The molecule has 112 valence electrons. The molecular formula is C15H22ClNO3. The molecule has 0 heterocycles. The number of nitrogens with one attached hydrogen (secondary N) is 1. The minimum absolute atomic E-state index is 0.0311. The molecule has 0 aliphatic heterocycles. The zero-order valence-electron chi connectivity index (χ0n) is 12.2. The lowest BCUT2D eigenvalue weighted by Crippen LogP contribution is -2.60. The van der Waals surface area contributed by atoms with Crippen LogP contribution in [-0.4, -0.2) is 45.6 Å². The van der Waals surface area contributed by atoms with Gasteiger partial charge in [0.05, 0.1) is 18.2 Å². The van der Waals surface area contributed by atoms with Gasteiger partial charge in [-0.1, -0.05) is 17.7 Å². The maximum Gasteiger partial charge on any atom is 0.138 e. The Balaban J connectivity index is 1.95. The van der Waals surface area contributed by atoms with Gasteiger partial charge in [0.2, 0.25) is 0 Å². The molecular weight excluding hydrogens is 278 g/mol. The standard InChI is InChI=1S/C15H22ClNO3/c1-10-4-5-11(16)13(8-10)20-14-9-12(17-2)15(14)19-7-6-18-3/h4-5,8,12,14-15,17H,6-7,9H2,1-3H3. The summed E-state index contributed by atoms with van der Waals surface area (Å²) in [5.74, 6) is 0.728. The van der Waals surface area contributed by atoms with Crippen LogP contribution >= 0.6 is 11.6 Å². The SMILES string of the molecule is CNC1CC(Oc2cc(C)ccc2Cl)C1OCCOC. The first kappa shape index (κ1) is 15.6. The molecule has 3 atom stereocenters. The summed E-state index contributed by atoms with van der Waals surface area (Å²) in [6.07, 6.45) is 0.980. The zero-order valence-corrected chi connectivity index (χ0v) is 12.9. The number of hydrogen-bond donors (Lipinski definition) is 1. The van der Waals surface area contributed by atoms with Crippen molar-refractivity contribution in [3.8, 4) is 5.75 Å². The van der Waals surface area contributed by atoms with Gasteiger partial charge in [-0.05, 0) is 31.7 Å². The fourth-order valence-electron chi connectivity index (χ4n) is 2.33. The monoisotopic (exact) mass is 299 g/mol. The molecule has 0 radical (unpaired) electrons. The quantitative estimate of drug-likeness (QED) is 0.785. The third-order valence-electron chi connectivity index (χ3n) is 3.58. The molecule has 1 aromatic carbocycles. The average molecular weight is 300 g/mol. The van der Waals surface area contributed by atoms with E-state index in [1.165, 1.54) is 0 Å². The lowest BCUT2D eigenvalue weighted by atomic mass is 9.85. The Kier molecular flexibility index (Phi) is 5.66. The van der Waals surface area contributed by atoms with Crippen molar-refractivity contribution >= 4 is 11.6 Å². The predicted molar refractivity (Wildman–Crippen MR) is 79.7 cm³/mol. The highest BCUT2D eigenvalue weighted by atomic mass is 35.5. The second-order valence-electron chi connectivity index (χ2n) is 5.05. The summed E-state index contributed by atoms with van der Waals surface area (Å²) in [7, 11) is 3.60. The first-order valence-corrected chi connectivity index (χ1v) is 7.24. The molecule has 1 aromatic rings. The zero-order chi connectivity index (χ0) is 14.5. The molecule has 1 aliphatic rings. The van der Waals surface area contributed by atoms with Crippen LogP contribution in [0.15, 0.2) is 18.2 Å². The van der Waals surface area contributed by atoms with Crippen molar-refractivity contribution < 1.29 is 14.2 Å². The third-order valence-corrected chi connectivity index (χ3v) is 3.90. The number of aryl methyl sites for hydroxylation is 1. The van der Waals surface area contributed by atoms with Gasteiger partial charge in [-0.2, -0.15) is 0 Å². The number of hydrogen-bond acceptors (Lipinski definition) is 4. The fourth-order valence-corrected chi connectivity index (χ4v) is 2.50. The normalized spacial score (nSPS) is 25.3. The summed E-state index contributed by atoms with van der Waals surface area (Å²) >= 11 is 6.16. The van der Waals surface area contributed by atoms with Gasteiger partial charge in [-0.15, -0.1) is 0 Å². The Morgan fingerprint density at radius 2 is 2.15 bits per heavy atom. The van der Waals surface area contributed by atoms with E-state index in [0.717, 1.165) is 17.7 Å². The molecule has 20 heavy (non-hydrogen) atoms. The van der Waals surface area contributed by atoms with Crippen molar-refractivity contribution in [1.29, 1.82) is 0 Å². The summed E-state index contributed by atoms with van der Waals surface area (Å²) in [6.45, 7) is 3.18. The van der Waals surface area contributed by atoms with E-state index in [1.807, 2.05) is 32.2 Å². The Morgan fingerprint density at radius 1 is 1.35 bits per heavy atom. The summed E-state index contributed by atoms with van der Waals surface area (Å²) in [5.41, 5.74) is 1.13. The molecule has 1 saturated carbocycles. The molecule has 3 unspecified atom stereocenters. The van der Waals surface area contributed by atoms with Gasteiger partial charge in [0.25, 0.3) is 0 Å². The lowest BCUT2D eigenvalue weighted by Gasteiger charge is -2.43. The van der Waals surface area contributed by atoms with E-state index in [-0.39, 0.29) is 12.2 Å². The third kappa shape index (κ3) is 3.64. The molecule has 1 aliphatic carbocycles. The van der Waals surface area contributed by atoms with Gasteiger partial charge in [-0.3, -0.25) is 0 Å². The first-order valence-electron chi connectivity index (χ1n) is 6.86. The lowest BCUT2D eigenvalue weighted by molar-refractivity contribution is -0.114. The number of halogens is 1. The Labute approximate surface area is 125 Å². The van der Waals surface area contributed by atoms with Gasteiger partial charge < -0.3 is 19.5 Å². The summed E-state index contributed by atoms with van der Waals surface area (Å²) in [4.78, 5) is 0. The van der Waals surface area contributed by atoms with E-state index in [0.29, 0.717) is 24.3 Å². The molecule has 0 bridgehead atoms. The fraction of sp³-hybridized carbons (Fsp3) is 0.600. The van der Waals surface area contributed by atoms with Crippen molar-refractivity contribution in [2.75, 3.05) is 27.4 Å². The van der Waals surface area contributed by atoms with Crippen LogP contribution < -0.4 is 10.1 Å². The Morgan fingerprint density at radius 3 is 2.85 bits per heavy atom. The summed E-state index contributed by atoms with van der Waals surface area (Å²) in [6, 6.07) is 6.11. The largest absolute Gasteiger partial charge is 0.486 e. The van der Waals surface area contributed by atoms with Crippen LogP contribution in [0.2, 0.25) is 5.02 Å². The molecule has 0 spiro atoms. The van der Waals surface area contributed by atoms with Crippen molar-refractivity contribution in [3.63, 3.8) is 0 Å².